The fraction of sp³-hybridized carbons (Fsp3) is 0.600. The summed E-state index contributed by atoms with van der Waals surface area (Å²) in [5.74, 6) is 0. The molecule has 0 fully saturated rings. The summed E-state index contributed by atoms with van der Waals surface area (Å²) in [5, 5.41) is 3.41. The van der Waals surface area contributed by atoms with Crippen LogP contribution in [0.1, 0.15) is 46.6 Å². The third-order valence-electron chi connectivity index (χ3n) is 3.18. The van der Waals surface area contributed by atoms with Gasteiger partial charge in [0.25, 0.3) is 0 Å². The highest BCUT2D eigenvalue weighted by Gasteiger charge is 2.35. The number of para-hydroxylation sites is 1. The maximum Gasteiger partial charge on any atom is 0.0379 e. The first-order valence-corrected chi connectivity index (χ1v) is 6.86. The van der Waals surface area contributed by atoms with E-state index in [2.05, 4.69) is 36.5 Å². The van der Waals surface area contributed by atoms with E-state index in [-0.39, 0.29) is 5.41 Å². The Labute approximate surface area is 107 Å². The number of fused-ring (bicyclic) bond motifs is 1. The molecule has 0 radical (unpaired) electrons. The van der Waals surface area contributed by atoms with Gasteiger partial charge in [-0.3, -0.25) is 0 Å². The van der Waals surface area contributed by atoms with Crippen molar-refractivity contribution >= 4 is 5.69 Å². The van der Waals surface area contributed by atoms with Crippen molar-refractivity contribution in [3.05, 3.63) is 29.8 Å². The van der Waals surface area contributed by atoms with Crippen LogP contribution in [0.4, 0.5) is 5.69 Å². The number of hydrogen-bond acceptors (Lipinski definition) is 2. The van der Waals surface area contributed by atoms with Crippen LogP contribution in [0.25, 0.3) is 0 Å². The van der Waals surface area contributed by atoms with Crippen LogP contribution in [0.5, 0.6) is 0 Å². The zero-order valence-electron chi connectivity index (χ0n) is 12.0. The van der Waals surface area contributed by atoms with Gasteiger partial charge >= 0.3 is 0 Å². The smallest absolute Gasteiger partial charge is 0.0379 e. The number of benzene rings is 1. The van der Waals surface area contributed by atoms with E-state index in [9.17, 15) is 0 Å². The van der Waals surface area contributed by atoms with Gasteiger partial charge in [0.2, 0.25) is 0 Å². The summed E-state index contributed by atoms with van der Waals surface area (Å²) in [7, 11) is 0. The van der Waals surface area contributed by atoms with E-state index in [1.165, 1.54) is 11.3 Å². The Morgan fingerprint density at radius 1 is 1.18 bits per heavy atom. The second-order valence-corrected chi connectivity index (χ2v) is 3.74. The van der Waals surface area contributed by atoms with E-state index in [1.807, 2.05) is 27.7 Å². The second kappa shape index (κ2) is 8.13. The molecule has 98 valence electrons. The van der Waals surface area contributed by atoms with Gasteiger partial charge in [-0.1, -0.05) is 52.8 Å². The number of hydrogen-bond donors (Lipinski definition) is 2. The average Bonchev–Trinajstić information content (AvgIpc) is 2.83. The van der Waals surface area contributed by atoms with Gasteiger partial charge in [0.1, 0.15) is 0 Å². The van der Waals surface area contributed by atoms with E-state index in [0.29, 0.717) is 0 Å². The van der Waals surface area contributed by atoms with Crippen LogP contribution in [0.3, 0.4) is 0 Å². The quantitative estimate of drug-likeness (QED) is 0.820. The van der Waals surface area contributed by atoms with E-state index in [0.717, 1.165) is 19.5 Å². The summed E-state index contributed by atoms with van der Waals surface area (Å²) in [6.07, 6.45) is 1.10. The highest BCUT2D eigenvalue weighted by Crippen LogP contribution is 2.37. The average molecular weight is 236 g/mol. The third kappa shape index (κ3) is 3.22. The standard InChI is InChI=1S/C11H16N2.2C2H6/c1-2-11(7-12)8-13-10-6-4-3-5-9(10)11;2*1-2/h3-6,13H,2,7-8,12H2,1H3;2*1-2H3. The molecule has 0 amide bonds. The number of nitrogens with one attached hydrogen (secondary N) is 1. The van der Waals surface area contributed by atoms with Crippen LogP contribution < -0.4 is 11.1 Å². The van der Waals surface area contributed by atoms with E-state index in [4.69, 9.17) is 5.73 Å². The highest BCUT2D eigenvalue weighted by molar-refractivity contribution is 5.60. The minimum absolute atomic E-state index is 0.177. The van der Waals surface area contributed by atoms with Crippen molar-refractivity contribution < 1.29 is 0 Å². The van der Waals surface area contributed by atoms with Gasteiger partial charge in [0, 0.05) is 24.2 Å². The van der Waals surface area contributed by atoms with Gasteiger partial charge in [-0.2, -0.15) is 0 Å². The third-order valence-corrected chi connectivity index (χ3v) is 3.18. The minimum atomic E-state index is 0.177. The van der Waals surface area contributed by atoms with Gasteiger partial charge in [0.05, 0.1) is 0 Å². The molecule has 0 aromatic heterocycles. The SMILES string of the molecule is CC.CC.CCC1(CN)CNc2ccccc21. The first-order valence-electron chi connectivity index (χ1n) is 6.86. The fourth-order valence-corrected chi connectivity index (χ4v) is 2.10. The molecule has 0 bridgehead atoms. The fourth-order valence-electron chi connectivity index (χ4n) is 2.10. The number of nitrogens with two attached hydrogens (primary N) is 1. The van der Waals surface area contributed by atoms with Crippen LogP contribution in [0.2, 0.25) is 0 Å². The van der Waals surface area contributed by atoms with Crippen molar-refractivity contribution in [3.63, 3.8) is 0 Å². The molecule has 1 unspecified atom stereocenters. The maximum atomic E-state index is 5.85. The molecule has 3 N–H and O–H groups in total. The van der Waals surface area contributed by atoms with Crippen LogP contribution in [-0.2, 0) is 5.41 Å². The van der Waals surface area contributed by atoms with Gasteiger partial charge < -0.3 is 11.1 Å². The molecule has 2 rings (SSSR count). The second-order valence-electron chi connectivity index (χ2n) is 3.74. The van der Waals surface area contributed by atoms with Gasteiger partial charge in [-0.15, -0.1) is 0 Å². The van der Waals surface area contributed by atoms with E-state index >= 15 is 0 Å². The van der Waals surface area contributed by atoms with Gasteiger partial charge in [0.15, 0.2) is 0 Å². The summed E-state index contributed by atoms with van der Waals surface area (Å²) in [6.45, 7) is 11.9. The van der Waals surface area contributed by atoms with Crippen LogP contribution in [0, 0.1) is 0 Å². The zero-order valence-corrected chi connectivity index (χ0v) is 12.0. The zero-order chi connectivity index (χ0) is 13.3. The largest absolute Gasteiger partial charge is 0.384 e. The van der Waals surface area contributed by atoms with Crippen molar-refractivity contribution in [2.24, 2.45) is 5.73 Å². The molecule has 1 aromatic rings. The molecule has 1 aliphatic rings. The molecule has 0 spiro atoms. The lowest BCUT2D eigenvalue weighted by atomic mass is 9.80. The summed E-state index contributed by atoms with van der Waals surface area (Å²) < 4.78 is 0. The van der Waals surface area contributed by atoms with Crippen LogP contribution in [-0.4, -0.2) is 13.1 Å². The topological polar surface area (TPSA) is 38.0 Å². The molecule has 17 heavy (non-hydrogen) atoms. The van der Waals surface area contributed by atoms with Crippen molar-refractivity contribution in [1.82, 2.24) is 0 Å². The molecule has 0 saturated heterocycles. The Morgan fingerprint density at radius 2 is 1.76 bits per heavy atom. The van der Waals surface area contributed by atoms with Gasteiger partial charge in [-0.05, 0) is 18.1 Å². The summed E-state index contributed by atoms with van der Waals surface area (Å²) in [4.78, 5) is 0. The first kappa shape index (κ1) is 16.0. The number of anilines is 1. The normalized spacial score (nSPS) is 20.1. The lowest BCUT2D eigenvalue weighted by Crippen LogP contribution is -2.36. The van der Waals surface area contributed by atoms with E-state index in [1.54, 1.807) is 0 Å². The molecule has 0 aliphatic carbocycles. The molecule has 1 atom stereocenters. The monoisotopic (exact) mass is 236 g/mol. The lowest BCUT2D eigenvalue weighted by Gasteiger charge is -2.25. The van der Waals surface area contributed by atoms with Crippen molar-refractivity contribution in [1.29, 1.82) is 0 Å². The highest BCUT2D eigenvalue weighted by atomic mass is 14.9. The van der Waals surface area contributed by atoms with Crippen LogP contribution in [0.15, 0.2) is 24.3 Å². The Kier molecular flexibility index (Phi) is 7.64. The molecule has 0 saturated carbocycles. The Morgan fingerprint density at radius 3 is 2.29 bits per heavy atom. The summed E-state index contributed by atoms with van der Waals surface area (Å²) in [6, 6.07) is 8.47. The Hall–Kier alpha value is -1.02. The predicted molar refractivity (Wildman–Crippen MR) is 78.7 cm³/mol. The molecule has 2 heteroatoms. The van der Waals surface area contributed by atoms with Crippen molar-refractivity contribution in [3.8, 4) is 0 Å². The molecular formula is C15H28N2. The minimum Gasteiger partial charge on any atom is -0.384 e. The van der Waals surface area contributed by atoms with E-state index < -0.39 is 0 Å². The first-order chi connectivity index (χ1) is 8.32. The maximum absolute atomic E-state index is 5.85. The Bertz CT molecular complexity index is 304. The van der Waals surface area contributed by atoms with Crippen molar-refractivity contribution in [2.45, 2.75) is 46.5 Å². The summed E-state index contributed by atoms with van der Waals surface area (Å²) in [5.41, 5.74) is 8.68. The number of rotatable bonds is 2. The molecule has 2 nitrogen and oxygen atoms in total. The molecule has 1 aliphatic heterocycles. The molecule has 1 heterocycles. The van der Waals surface area contributed by atoms with Crippen LogP contribution >= 0.6 is 0 Å². The molecular weight excluding hydrogens is 208 g/mol. The van der Waals surface area contributed by atoms with Gasteiger partial charge in [-0.25, -0.2) is 0 Å². The lowest BCUT2D eigenvalue weighted by molar-refractivity contribution is 0.465. The summed E-state index contributed by atoms with van der Waals surface area (Å²) >= 11 is 0. The predicted octanol–water partition coefficient (Wildman–Crippen LogP) is 3.77. The Balaban J connectivity index is 0.000000581. The molecule has 1 aromatic carbocycles. The van der Waals surface area contributed by atoms with Crippen molar-refractivity contribution in [2.75, 3.05) is 18.4 Å².